The van der Waals surface area contributed by atoms with Gasteiger partial charge in [-0.05, 0) is 39.4 Å². The predicted molar refractivity (Wildman–Crippen MR) is 266 cm³/mol. The van der Waals surface area contributed by atoms with Gasteiger partial charge >= 0.3 is 166 Å². The van der Waals surface area contributed by atoms with Crippen LogP contribution in [-0.2, 0) is 52.3 Å². The molecule has 0 unspecified atom stereocenters. The van der Waals surface area contributed by atoms with Crippen LogP contribution in [0.2, 0.25) is 10.0 Å². The van der Waals surface area contributed by atoms with Gasteiger partial charge in [-0.1, -0.05) is 106 Å². The van der Waals surface area contributed by atoms with Crippen molar-refractivity contribution in [1.29, 1.82) is 0 Å². The van der Waals surface area contributed by atoms with Crippen molar-refractivity contribution in [3.8, 4) is 11.1 Å². The molecule has 0 aliphatic heterocycles. The Balaban J connectivity index is 0.000000232. The zero-order chi connectivity index (χ0) is 42.4. The molecule has 0 aromatic heterocycles. The van der Waals surface area contributed by atoms with Crippen molar-refractivity contribution in [2.24, 2.45) is 0 Å². The normalized spacial score (nSPS) is 13.1. The molecule has 60 heavy (non-hydrogen) atoms. The number of rotatable bonds is 2. The van der Waals surface area contributed by atoms with E-state index in [0.717, 1.165) is 33.7 Å². The van der Waals surface area contributed by atoms with Gasteiger partial charge in [-0.2, -0.15) is 23.8 Å². The molecule has 5 heteroatoms. The van der Waals surface area contributed by atoms with Crippen molar-refractivity contribution in [3.05, 3.63) is 176 Å². The van der Waals surface area contributed by atoms with Crippen molar-refractivity contribution >= 4 is 72.8 Å². The Labute approximate surface area is 398 Å². The maximum atomic E-state index is 6.38. The van der Waals surface area contributed by atoms with Gasteiger partial charge in [-0.25, -0.2) is 12.2 Å². The molecule has 0 saturated heterocycles. The Bertz CT molecular complexity index is 2400. The van der Waals surface area contributed by atoms with Gasteiger partial charge in [0.15, 0.2) is 0 Å². The second kappa shape index (κ2) is 19.3. The third-order valence-electron chi connectivity index (χ3n) is 11.0. The molecule has 0 spiro atoms. The summed E-state index contributed by atoms with van der Waals surface area (Å²) in [4.78, 5) is 0. The van der Waals surface area contributed by atoms with E-state index < -0.39 is 0 Å². The van der Waals surface area contributed by atoms with E-state index in [1.54, 1.807) is 0 Å². The van der Waals surface area contributed by atoms with Gasteiger partial charge in [0.2, 0.25) is 0 Å². The van der Waals surface area contributed by atoms with Gasteiger partial charge in [0.05, 0.1) is 0 Å². The standard InChI is InChI=1S/C29H41.C21H12Cl2.C5H5.2ClH.Zr/c1-26(2,3)22-14-18-13-19-15-23(27(4,5)6)25(29(10,11)12)17-21(19)20(18)16-24(22)28(7,8)9;22-18-10-14-5-1-3-7-20(14)16(12-18)9-17-13-19(23)11-15-6-2-4-8-21(15)17;1-2-4-5-3-1;;;/h14,16-17H,13H2,1-12H3;1-8,10-13H;1-3H,4H2;2*1H;/q-1;;-1;;;+2. The number of benzene rings is 6. The number of fused-ring (bicyclic) bond motifs is 5. The molecule has 8 rings (SSSR count). The fraction of sp³-hybridized carbons (Fsp3) is 0.327. The maximum absolute atomic E-state index is 6.38. The van der Waals surface area contributed by atoms with Crippen LogP contribution in [0.15, 0.2) is 109 Å². The molecule has 312 valence electrons. The van der Waals surface area contributed by atoms with Crippen molar-refractivity contribution in [3.63, 3.8) is 0 Å². The molecule has 2 aliphatic carbocycles. The van der Waals surface area contributed by atoms with E-state index in [2.05, 4.69) is 168 Å². The molecule has 0 radical (unpaired) electrons. The topological polar surface area (TPSA) is 0 Å². The Morgan fingerprint density at radius 2 is 1.03 bits per heavy atom. The van der Waals surface area contributed by atoms with Crippen LogP contribution in [0.1, 0.15) is 134 Å². The van der Waals surface area contributed by atoms with E-state index in [9.17, 15) is 0 Å². The second-order valence-corrected chi connectivity index (χ2v) is 22.0. The van der Waals surface area contributed by atoms with Gasteiger partial charge < -0.3 is 0 Å². The van der Waals surface area contributed by atoms with Crippen LogP contribution in [0.5, 0.6) is 0 Å². The van der Waals surface area contributed by atoms with E-state index in [-0.39, 0.29) is 46.5 Å². The summed E-state index contributed by atoms with van der Waals surface area (Å²) in [5.74, 6) is 0. The fourth-order valence-electron chi connectivity index (χ4n) is 8.07. The molecule has 0 bridgehead atoms. The Kier molecular flexibility index (Phi) is 16.1. The van der Waals surface area contributed by atoms with Crippen LogP contribution >= 0.6 is 48.0 Å². The van der Waals surface area contributed by atoms with Crippen molar-refractivity contribution in [2.45, 2.75) is 118 Å². The molecule has 0 heterocycles. The molecule has 6 aromatic rings. The van der Waals surface area contributed by atoms with E-state index in [1.807, 2.05) is 36.4 Å². The second-order valence-electron chi connectivity index (χ2n) is 19.9. The summed E-state index contributed by atoms with van der Waals surface area (Å²) in [7, 11) is 0. The average molecular weight is 954 g/mol. The summed E-state index contributed by atoms with van der Waals surface area (Å²) in [6, 6.07) is 36.3. The van der Waals surface area contributed by atoms with Gasteiger partial charge in [0.1, 0.15) is 0 Å². The van der Waals surface area contributed by atoms with Crippen LogP contribution in [0.25, 0.3) is 32.7 Å². The molecule has 2 aliphatic rings. The fourth-order valence-corrected chi connectivity index (χ4v) is 9.54. The molecule has 0 saturated carbocycles. The first kappa shape index (κ1) is 49.9. The van der Waals surface area contributed by atoms with Crippen molar-refractivity contribution in [1.82, 2.24) is 0 Å². The third-order valence-corrected chi connectivity index (χ3v) is 12.8. The van der Waals surface area contributed by atoms with E-state index in [0.29, 0.717) is 0 Å². The Hall–Kier alpha value is -2.77. The first-order chi connectivity index (χ1) is 27.0. The summed E-state index contributed by atoms with van der Waals surface area (Å²) in [6.07, 6.45) is 11.0. The molecule has 0 N–H and O–H groups in total. The molecule has 0 amide bonds. The van der Waals surface area contributed by atoms with E-state index in [1.165, 1.54) is 93.8 Å². The maximum Gasteiger partial charge on any atom is -0.109 e. The summed E-state index contributed by atoms with van der Waals surface area (Å²) in [5, 5.41) is 6.28. The summed E-state index contributed by atoms with van der Waals surface area (Å²) in [5.41, 5.74) is 14.3. The first-order valence-corrected chi connectivity index (χ1v) is 22.5. The van der Waals surface area contributed by atoms with Gasteiger partial charge in [-0.3, -0.25) is 6.08 Å². The number of hydrogen-bond donors (Lipinski definition) is 0. The minimum atomic E-state index is 0. The molecule has 0 fully saturated rings. The Morgan fingerprint density at radius 3 is 1.45 bits per heavy atom. The molecule has 0 nitrogen and oxygen atoms in total. The summed E-state index contributed by atoms with van der Waals surface area (Å²) < 4.78 is 1.26. The SMILES string of the molecule is CC(C)(C)c1[c-]c2c(cc1C(C)(C)C)-c1cc(C(C)(C)C)c(C(C)(C)C)cc1C2.Cl.Cl.Clc1cc([C](=[Zr+2])c2cc(Cl)cc3ccccc23)c2ccccc2c1.[C-]1=CC=CC1. The van der Waals surface area contributed by atoms with Crippen molar-refractivity contribution < 1.29 is 24.2 Å². The molecule has 0 atom stereocenters. The van der Waals surface area contributed by atoms with Crippen LogP contribution in [0.4, 0.5) is 0 Å². The summed E-state index contributed by atoms with van der Waals surface area (Å²) >= 11 is 14.1. The number of hydrogen-bond acceptors (Lipinski definition) is 0. The number of halogens is 4. The van der Waals surface area contributed by atoms with Crippen LogP contribution in [0.3, 0.4) is 0 Å². The first-order valence-electron chi connectivity index (χ1n) is 20.5. The van der Waals surface area contributed by atoms with Crippen LogP contribution in [0, 0.1) is 12.1 Å². The molecular weight excluding hydrogens is 894 g/mol. The van der Waals surface area contributed by atoms with E-state index >= 15 is 0 Å². The minimum absolute atomic E-state index is 0. The van der Waals surface area contributed by atoms with Gasteiger partial charge in [-0.15, -0.1) is 47.9 Å². The van der Waals surface area contributed by atoms with Crippen molar-refractivity contribution in [2.75, 3.05) is 0 Å². The largest absolute Gasteiger partial charge is 0.273 e. The van der Waals surface area contributed by atoms with Crippen LogP contribution < -0.4 is 0 Å². The Morgan fingerprint density at radius 1 is 0.567 bits per heavy atom. The third kappa shape index (κ3) is 11.2. The quantitative estimate of drug-likeness (QED) is 0.152. The van der Waals surface area contributed by atoms with Gasteiger partial charge in [0, 0.05) is 0 Å². The zero-order valence-corrected chi connectivity index (χ0v) is 43.0. The zero-order valence-electron chi connectivity index (χ0n) is 37.4. The van der Waals surface area contributed by atoms with Crippen LogP contribution in [-0.4, -0.2) is 3.21 Å². The average Bonchev–Trinajstić information content (AvgIpc) is 3.84. The van der Waals surface area contributed by atoms with Gasteiger partial charge in [0.25, 0.3) is 0 Å². The minimum Gasteiger partial charge on any atom is -0.273 e. The predicted octanol–water partition coefficient (Wildman–Crippen LogP) is 16.8. The monoisotopic (exact) mass is 950 g/mol. The summed E-state index contributed by atoms with van der Waals surface area (Å²) in [6.45, 7) is 28.0. The smallest absolute Gasteiger partial charge is 0.109 e. The number of allylic oxidation sites excluding steroid dienone is 4. The molecular formula is C55H60Cl4Zr. The van der Waals surface area contributed by atoms with E-state index in [4.69, 9.17) is 23.2 Å². The molecule has 6 aromatic carbocycles.